The third-order valence-electron chi connectivity index (χ3n) is 3.95. The molecule has 2 aromatic carbocycles. The Morgan fingerprint density at radius 1 is 0.864 bits per heavy atom. The number of amides is 2. The van der Waals surface area contributed by atoms with Gasteiger partial charge in [0.05, 0.1) is 5.41 Å². The molecule has 0 saturated carbocycles. The number of hydrogen-bond acceptors (Lipinski definition) is 1. The zero-order chi connectivity index (χ0) is 15.4. The summed E-state index contributed by atoms with van der Waals surface area (Å²) in [6.07, 6.45) is 7.76. The van der Waals surface area contributed by atoms with Crippen LogP contribution in [-0.2, 0) is 5.41 Å². The average Bonchev–Trinajstić information content (AvgIpc) is 2.62. The van der Waals surface area contributed by atoms with E-state index >= 15 is 0 Å². The molecule has 0 unspecified atom stereocenters. The monoisotopic (exact) mass is 290 g/mol. The number of nitrogens with zero attached hydrogens (tertiary/aromatic N) is 1. The van der Waals surface area contributed by atoms with E-state index in [2.05, 4.69) is 41.7 Å². The Bertz CT molecular complexity index is 649. The standard InChI is InChI=1S/C19H18N2O/c1-20-18(22)21-14-12-19(13-15-21,16-8-4-2-5-9-16)17-10-6-3-7-11-17/h2-15H,1H3,(H,20,22). The molecule has 0 spiro atoms. The number of carbonyl (C=O) groups excluding carboxylic acids is 1. The van der Waals surface area contributed by atoms with E-state index < -0.39 is 0 Å². The SMILES string of the molecule is CNC(=O)N1C=CC(c2ccccc2)(c2ccccc2)C=C1. The molecule has 0 atom stereocenters. The van der Waals surface area contributed by atoms with Gasteiger partial charge in [0.1, 0.15) is 0 Å². The molecule has 22 heavy (non-hydrogen) atoms. The first-order valence-electron chi connectivity index (χ1n) is 7.26. The van der Waals surface area contributed by atoms with Gasteiger partial charge in [0.15, 0.2) is 0 Å². The van der Waals surface area contributed by atoms with Crippen molar-refractivity contribution in [2.45, 2.75) is 5.41 Å². The lowest BCUT2D eigenvalue weighted by Crippen LogP contribution is -2.35. The van der Waals surface area contributed by atoms with Crippen molar-refractivity contribution in [3.63, 3.8) is 0 Å². The van der Waals surface area contributed by atoms with Crippen molar-refractivity contribution in [1.82, 2.24) is 10.2 Å². The van der Waals surface area contributed by atoms with Crippen LogP contribution in [-0.4, -0.2) is 18.0 Å². The Morgan fingerprint density at radius 2 is 1.32 bits per heavy atom. The lowest BCUT2D eigenvalue weighted by Gasteiger charge is -2.33. The first-order chi connectivity index (χ1) is 10.8. The molecule has 0 bridgehead atoms. The predicted octanol–water partition coefficient (Wildman–Crippen LogP) is 3.66. The first kappa shape index (κ1) is 14.1. The number of allylic oxidation sites excluding steroid dienone is 2. The van der Waals surface area contributed by atoms with Crippen molar-refractivity contribution in [3.05, 3.63) is 96.3 Å². The number of hydrogen-bond donors (Lipinski definition) is 1. The highest BCUT2D eigenvalue weighted by atomic mass is 16.2. The minimum atomic E-state index is -0.354. The van der Waals surface area contributed by atoms with Crippen molar-refractivity contribution in [2.75, 3.05) is 7.05 Å². The van der Waals surface area contributed by atoms with Crippen molar-refractivity contribution in [3.8, 4) is 0 Å². The molecule has 1 aliphatic heterocycles. The molecule has 1 N–H and O–H groups in total. The lowest BCUT2D eigenvalue weighted by atomic mass is 9.73. The fraction of sp³-hybridized carbons (Fsp3) is 0.105. The zero-order valence-electron chi connectivity index (χ0n) is 12.4. The quantitative estimate of drug-likeness (QED) is 0.899. The molecule has 110 valence electrons. The van der Waals surface area contributed by atoms with Crippen LogP contribution < -0.4 is 5.32 Å². The molecule has 1 aliphatic rings. The maximum atomic E-state index is 11.8. The maximum Gasteiger partial charge on any atom is 0.325 e. The van der Waals surface area contributed by atoms with Crippen LogP contribution in [0.4, 0.5) is 4.79 Å². The van der Waals surface area contributed by atoms with Crippen LogP contribution in [0.5, 0.6) is 0 Å². The summed E-state index contributed by atoms with van der Waals surface area (Å²) in [6, 6.07) is 20.4. The second-order valence-corrected chi connectivity index (χ2v) is 5.19. The largest absolute Gasteiger partial charge is 0.340 e. The van der Waals surface area contributed by atoms with E-state index in [-0.39, 0.29) is 11.4 Å². The van der Waals surface area contributed by atoms with Crippen LogP contribution in [0.1, 0.15) is 11.1 Å². The molecule has 2 amide bonds. The highest BCUT2D eigenvalue weighted by molar-refractivity contribution is 5.76. The summed E-state index contributed by atoms with van der Waals surface area (Å²) in [7, 11) is 1.63. The van der Waals surface area contributed by atoms with Crippen molar-refractivity contribution in [2.24, 2.45) is 0 Å². The molecule has 2 aromatic rings. The summed E-state index contributed by atoms with van der Waals surface area (Å²) in [5.74, 6) is 0. The van der Waals surface area contributed by atoms with Crippen LogP contribution in [0.2, 0.25) is 0 Å². The van der Waals surface area contributed by atoms with Gasteiger partial charge in [-0.05, 0) is 23.3 Å². The van der Waals surface area contributed by atoms with Gasteiger partial charge in [0.2, 0.25) is 0 Å². The van der Waals surface area contributed by atoms with Crippen LogP contribution in [0.15, 0.2) is 85.2 Å². The average molecular weight is 290 g/mol. The van der Waals surface area contributed by atoms with Crippen molar-refractivity contribution in [1.29, 1.82) is 0 Å². The van der Waals surface area contributed by atoms with Crippen LogP contribution in [0.25, 0.3) is 0 Å². The first-order valence-corrected chi connectivity index (χ1v) is 7.26. The molecule has 1 heterocycles. The van der Waals surface area contributed by atoms with Crippen molar-refractivity contribution >= 4 is 6.03 Å². The van der Waals surface area contributed by atoms with E-state index in [4.69, 9.17) is 0 Å². The minimum Gasteiger partial charge on any atom is -0.340 e. The minimum absolute atomic E-state index is 0.151. The highest BCUT2D eigenvalue weighted by Gasteiger charge is 2.31. The molecule has 0 aromatic heterocycles. The molecule has 3 heteroatoms. The van der Waals surface area contributed by atoms with E-state index in [1.54, 1.807) is 11.9 Å². The van der Waals surface area contributed by atoms with Gasteiger partial charge in [0, 0.05) is 19.4 Å². The smallest absolute Gasteiger partial charge is 0.325 e. The second kappa shape index (κ2) is 5.90. The molecule has 0 fully saturated rings. The number of urea groups is 1. The summed E-state index contributed by atoms with van der Waals surface area (Å²) in [5.41, 5.74) is 1.99. The number of benzene rings is 2. The van der Waals surface area contributed by atoms with E-state index in [9.17, 15) is 4.79 Å². The van der Waals surface area contributed by atoms with E-state index in [0.29, 0.717) is 0 Å². The van der Waals surface area contributed by atoms with Crippen LogP contribution in [0, 0.1) is 0 Å². The third kappa shape index (κ3) is 2.42. The topological polar surface area (TPSA) is 32.3 Å². The molecule has 0 saturated heterocycles. The summed E-state index contributed by atoms with van der Waals surface area (Å²) < 4.78 is 0. The molecule has 3 rings (SSSR count). The van der Waals surface area contributed by atoms with Crippen molar-refractivity contribution < 1.29 is 4.79 Å². The van der Waals surface area contributed by atoms with Gasteiger partial charge in [-0.2, -0.15) is 0 Å². The third-order valence-corrected chi connectivity index (χ3v) is 3.95. The van der Waals surface area contributed by atoms with E-state index in [1.807, 2.05) is 48.8 Å². The Hall–Kier alpha value is -2.81. The van der Waals surface area contributed by atoms with Gasteiger partial charge in [-0.15, -0.1) is 0 Å². The Morgan fingerprint density at radius 3 is 1.73 bits per heavy atom. The summed E-state index contributed by atoms with van der Waals surface area (Å²) in [6.45, 7) is 0. The van der Waals surface area contributed by atoms with E-state index in [0.717, 1.165) is 0 Å². The number of nitrogens with one attached hydrogen (secondary N) is 1. The summed E-state index contributed by atoms with van der Waals surface area (Å²) in [4.78, 5) is 13.3. The van der Waals surface area contributed by atoms with Gasteiger partial charge in [-0.25, -0.2) is 4.79 Å². The zero-order valence-corrected chi connectivity index (χ0v) is 12.4. The number of rotatable bonds is 2. The molecular formula is C19H18N2O. The normalized spacial score (nSPS) is 15.6. The van der Waals surface area contributed by atoms with Gasteiger partial charge in [0.25, 0.3) is 0 Å². The molecule has 3 nitrogen and oxygen atoms in total. The Kier molecular flexibility index (Phi) is 3.79. The Balaban J connectivity index is 2.08. The Labute approximate surface area is 130 Å². The highest BCUT2D eigenvalue weighted by Crippen LogP contribution is 2.37. The second-order valence-electron chi connectivity index (χ2n) is 5.19. The maximum absolute atomic E-state index is 11.8. The fourth-order valence-corrected chi connectivity index (χ4v) is 2.74. The summed E-state index contributed by atoms with van der Waals surface area (Å²) >= 11 is 0. The van der Waals surface area contributed by atoms with Gasteiger partial charge >= 0.3 is 6.03 Å². The lowest BCUT2D eigenvalue weighted by molar-refractivity contribution is 0.228. The fourth-order valence-electron chi connectivity index (χ4n) is 2.74. The molecule has 0 aliphatic carbocycles. The van der Waals surface area contributed by atoms with Crippen LogP contribution in [0.3, 0.4) is 0 Å². The molecule has 0 radical (unpaired) electrons. The van der Waals surface area contributed by atoms with Crippen LogP contribution >= 0.6 is 0 Å². The van der Waals surface area contributed by atoms with E-state index in [1.165, 1.54) is 11.1 Å². The van der Waals surface area contributed by atoms with Gasteiger partial charge in [-0.3, -0.25) is 4.90 Å². The molecular weight excluding hydrogens is 272 g/mol. The predicted molar refractivity (Wildman–Crippen MR) is 88.2 cm³/mol. The number of carbonyl (C=O) groups is 1. The van der Waals surface area contributed by atoms with Gasteiger partial charge in [-0.1, -0.05) is 60.7 Å². The van der Waals surface area contributed by atoms with Gasteiger partial charge < -0.3 is 5.32 Å². The summed E-state index contributed by atoms with van der Waals surface area (Å²) in [5, 5.41) is 2.63.